The molecule has 2 rings (SSSR count). The molecule has 1 aromatic carbocycles. The van der Waals surface area contributed by atoms with Crippen LogP contribution in [0.1, 0.15) is 22.5 Å². The fourth-order valence-corrected chi connectivity index (χ4v) is 1.87. The average molecular weight is 272 g/mol. The molecule has 2 aromatic rings. The van der Waals surface area contributed by atoms with Gasteiger partial charge in [0.1, 0.15) is 0 Å². The third-order valence-electron chi connectivity index (χ3n) is 2.92. The molecule has 0 fully saturated rings. The number of ketones is 1. The molecule has 0 radical (unpaired) electrons. The Bertz CT molecular complexity index is 590. The lowest BCUT2D eigenvalue weighted by Crippen LogP contribution is -2.09. The van der Waals surface area contributed by atoms with Crippen LogP contribution in [0.15, 0.2) is 42.9 Å². The molecule has 0 bridgehead atoms. The van der Waals surface area contributed by atoms with E-state index in [2.05, 4.69) is 9.72 Å². The zero-order valence-corrected chi connectivity index (χ0v) is 11.3. The van der Waals surface area contributed by atoms with Crippen molar-refractivity contribution in [1.82, 2.24) is 9.55 Å². The smallest absolute Gasteiger partial charge is 0.358 e. The molecule has 0 saturated carbocycles. The third kappa shape index (κ3) is 3.78. The number of Topliss-reactive ketones (excluding diaryl/α,β-unsaturated/α-hetero) is 1. The summed E-state index contributed by atoms with van der Waals surface area (Å²) in [5.41, 5.74) is 1.35. The monoisotopic (exact) mass is 272 g/mol. The molecule has 0 unspecified atom stereocenters. The van der Waals surface area contributed by atoms with Gasteiger partial charge in [0.2, 0.25) is 0 Å². The van der Waals surface area contributed by atoms with E-state index in [1.165, 1.54) is 19.6 Å². The quantitative estimate of drug-likeness (QED) is 0.753. The molecule has 0 saturated heterocycles. The Labute approximate surface area is 117 Å². The van der Waals surface area contributed by atoms with Gasteiger partial charge in [0.15, 0.2) is 11.5 Å². The standard InChI is InChI=1S/C15H16N2O3/c1-20-15(19)14-10-17(11-16-14)9-13(18)8-7-12-5-3-2-4-6-12/h2-6,10-11H,7-9H2,1H3. The van der Waals surface area contributed by atoms with Gasteiger partial charge >= 0.3 is 5.97 Å². The number of esters is 1. The Hall–Kier alpha value is -2.43. The van der Waals surface area contributed by atoms with Crippen molar-refractivity contribution >= 4 is 11.8 Å². The van der Waals surface area contributed by atoms with Gasteiger partial charge in [-0.1, -0.05) is 30.3 Å². The fraction of sp³-hybridized carbons (Fsp3) is 0.267. The van der Waals surface area contributed by atoms with Crippen molar-refractivity contribution in [2.45, 2.75) is 19.4 Å². The summed E-state index contributed by atoms with van der Waals surface area (Å²) in [6.07, 6.45) is 4.17. The van der Waals surface area contributed by atoms with Gasteiger partial charge in [-0.15, -0.1) is 0 Å². The number of benzene rings is 1. The zero-order chi connectivity index (χ0) is 14.4. The van der Waals surface area contributed by atoms with Crippen molar-refractivity contribution in [2.75, 3.05) is 7.11 Å². The largest absolute Gasteiger partial charge is 0.464 e. The van der Waals surface area contributed by atoms with Gasteiger partial charge in [-0.25, -0.2) is 9.78 Å². The third-order valence-corrected chi connectivity index (χ3v) is 2.92. The molecular weight excluding hydrogens is 256 g/mol. The number of carbonyl (C=O) groups excluding carboxylic acids is 2. The molecule has 104 valence electrons. The van der Waals surface area contributed by atoms with Crippen molar-refractivity contribution in [1.29, 1.82) is 0 Å². The Morgan fingerprint density at radius 1 is 1.25 bits per heavy atom. The Morgan fingerprint density at radius 2 is 2.00 bits per heavy atom. The van der Waals surface area contributed by atoms with E-state index < -0.39 is 5.97 Å². The lowest BCUT2D eigenvalue weighted by Gasteiger charge is -2.02. The predicted octanol–water partition coefficient (Wildman–Crippen LogP) is 1.87. The lowest BCUT2D eigenvalue weighted by molar-refractivity contribution is -0.119. The van der Waals surface area contributed by atoms with Gasteiger partial charge in [0, 0.05) is 12.6 Å². The van der Waals surface area contributed by atoms with Gasteiger partial charge in [-0.3, -0.25) is 4.79 Å². The van der Waals surface area contributed by atoms with Crippen molar-refractivity contribution in [3.63, 3.8) is 0 Å². The number of imidazole rings is 1. The molecule has 0 N–H and O–H groups in total. The number of hydrogen-bond acceptors (Lipinski definition) is 4. The van der Waals surface area contributed by atoms with Crippen LogP contribution < -0.4 is 0 Å². The molecule has 0 spiro atoms. The van der Waals surface area contributed by atoms with E-state index in [0.29, 0.717) is 6.42 Å². The molecule has 20 heavy (non-hydrogen) atoms. The normalized spacial score (nSPS) is 10.2. The number of nitrogens with zero attached hydrogens (tertiary/aromatic N) is 2. The Morgan fingerprint density at radius 3 is 2.70 bits per heavy atom. The van der Waals surface area contributed by atoms with Crippen LogP contribution in [0.5, 0.6) is 0 Å². The number of methoxy groups -OCH3 is 1. The Balaban J connectivity index is 1.85. The number of carbonyl (C=O) groups is 2. The summed E-state index contributed by atoms with van der Waals surface area (Å²) in [6, 6.07) is 9.86. The van der Waals surface area contributed by atoms with E-state index in [0.717, 1.165) is 12.0 Å². The van der Waals surface area contributed by atoms with Gasteiger partial charge in [0.05, 0.1) is 20.0 Å². The maximum absolute atomic E-state index is 11.9. The summed E-state index contributed by atoms with van der Waals surface area (Å²) in [5, 5.41) is 0. The number of hydrogen-bond donors (Lipinski definition) is 0. The van der Waals surface area contributed by atoms with E-state index in [9.17, 15) is 9.59 Å². The summed E-state index contributed by atoms with van der Waals surface area (Å²) >= 11 is 0. The SMILES string of the molecule is COC(=O)c1cn(CC(=O)CCc2ccccc2)cn1. The first-order valence-electron chi connectivity index (χ1n) is 6.35. The molecule has 1 aromatic heterocycles. The van der Waals surface area contributed by atoms with Crippen LogP contribution in [0, 0.1) is 0 Å². The van der Waals surface area contributed by atoms with Crippen molar-refractivity contribution in [3.05, 3.63) is 54.1 Å². The number of rotatable bonds is 6. The number of aryl methyl sites for hydroxylation is 1. The van der Waals surface area contributed by atoms with Crippen LogP contribution in [0.3, 0.4) is 0 Å². The second kappa shape index (κ2) is 6.65. The summed E-state index contributed by atoms with van der Waals surface area (Å²) in [7, 11) is 1.30. The predicted molar refractivity (Wildman–Crippen MR) is 73.3 cm³/mol. The molecular formula is C15H16N2O3. The van der Waals surface area contributed by atoms with Crippen LogP contribution in [-0.2, 0) is 22.5 Å². The minimum Gasteiger partial charge on any atom is -0.464 e. The maximum atomic E-state index is 11.9. The molecule has 0 atom stereocenters. The van der Waals surface area contributed by atoms with Gasteiger partial charge in [-0.2, -0.15) is 0 Å². The highest BCUT2D eigenvalue weighted by Crippen LogP contribution is 2.04. The highest BCUT2D eigenvalue weighted by Gasteiger charge is 2.10. The maximum Gasteiger partial charge on any atom is 0.358 e. The van der Waals surface area contributed by atoms with E-state index in [-0.39, 0.29) is 18.0 Å². The molecule has 0 aliphatic heterocycles. The first kappa shape index (κ1) is 14.0. The summed E-state index contributed by atoms with van der Waals surface area (Å²) in [4.78, 5) is 27.0. The van der Waals surface area contributed by atoms with E-state index in [1.54, 1.807) is 4.57 Å². The number of ether oxygens (including phenoxy) is 1. The molecule has 0 amide bonds. The van der Waals surface area contributed by atoms with Crippen molar-refractivity contribution in [2.24, 2.45) is 0 Å². The number of aromatic nitrogens is 2. The van der Waals surface area contributed by atoms with E-state index >= 15 is 0 Å². The van der Waals surface area contributed by atoms with Crippen molar-refractivity contribution in [3.8, 4) is 0 Å². The van der Waals surface area contributed by atoms with Crippen LogP contribution in [-0.4, -0.2) is 28.4 Å². The summed E-state index contributed by atoms with van der Waals surface area (Å²) < 4.78 is 6.16. The molecule has 1 heterocycles. The van der Waals surface area contributed by atoms with E-state index in [4.69, 9.17) is 0 Å². The summed E-state index contributed by atoms with van der Waals surface area (Å²) in [6.45, 7) is 0.219. The fourth-order valence-electron chi connectivity index (χ4n) is 1.87. The minimum atomic E-state index is -0.500. The molecule has 5 nitrogen and oxygen atoms in total. The highest BCUT2D eigenvalue weighted by molar-refractivity contribution is 5.87. The van der Waals surface area contributed by atoms with Crippen LogP contribution >= 0.6 is 0 Å². The van der Waals surface area contributed by atoms with Gasteiger partial charge in [-0.05, 0) is 12.0 Å². The molecule has 0 aliphatic carbocycles. The second-order valence-electron chi connectivity index (χ2n) is 4.45. The van der Waals surface area contributed by atoms with Crippen LogP contribution in [0.4, 0.5) is 0 Å². The lowest BCUT2D eigenvalue weighted by atomic mass is 10.1. The van der Waals surface area contributed by atoms with Gasteiger partial charge < -0.3 is 9.30 Å². The van der Waals surface area contributed by atoms with Gasteiger partial charge in [0.25, 0.3) is 0 Å². The second-order valence-corrected chi connectivity index (χ2v) is 4.45. The van der Waals surface area contributed by atoms with Crippen molar-refractivity contribution < 1.29 is 14.3 Å². The minimum absolute atomic E-state index is 0.0997. The topological polar surface area (TPSA) is 61.2 Å². The van der Waals surface area contributed by atoms with Crippen LogP contribution in [0.2, 0.25) is 0 Å². The Kier molecular flexibility index (Phi) is 4.65. The zero-order valence-electron chi connectivity index (χ0n) is 11.3. The first-order valence-corrected chi connectivity index (χ1v) is 6.35. The highest BCUT2D eigenvalue weighted by atomic mass is 16.5. The summed E-state index contributed by atoms with van der Waals surface area (Å²) in [5.74, 6) is -0.400. The van der Waals surface area contributed by atoms with Crippen LogP contribution in [0.25, 0.3) is 0 Å². The van der Waals surface area contributed by atoms with E-state index in [1.807, 2.05) is 30.3 Å². The molecule has 0 aliphatic rings. The average Bonchev–Trinajstić information content (AvgIpc) is 2.94. The molecule has 5 heteroatoms. The first-order chi connectivity index (χ1) is 9.69.